The number of fused-ring (bicyclic) bond motifs is 1. The summed E-state index contributed by atoms with van der Waals surface area (Å²) in [6.45, 7) is 2.44. The standard InChI is InChI=1S/C12H14BrNO2/c13-11-3-1-2-9-4-6-14(8-10(9)11)7-5-12(15)16/h1-3H,4-8H2,(H,15,16). The van der Waals surface area contributed by atoms with Crippen LogP contribution in [0.15, 0.2) is 22.7 Å². The van der Waals surface area contributed by atoms with Crippen LogP contribution < -0.4 is 0 Å². The van der Waals surface area contributed by atoms with Gasteiger partial charge >= 0.3 is 5.97 Å². The summed E-state index contributed by atoms with van der Waals surface area (Å²) in [6, 6.07) is 6.24. The van der Waals surface area contributed by atoms with Crippen LogP contribution >= 0.6 is 15.9 Å². The Bertz CT molecular complexity index is 406. The quantitative estimate of drug-likeness (QED) is 0.925. The molecule has 0 aliphatic carbocycles. The number of benzene rings is 1. The Morgan fingerprint density at radius 2 is 2.31 bits per heavy atom. The van der Waals surface area contributed by atoms with Gasteiger partial charge in [0.2, 0.25) is 0 Å². The van der Waals surface area contributed by atoms with Gasteiger partial charge in [0.15, 0.2) is 0 Å². The molecule has 1 aromatic rings. The zero-order valence-corrected chi connectivity index (χ0v) is 10.5. The van der Waals surface area contributed by atoms with Crippen LogP contribution in [0.4, 0.5) is 0 Å². The van der Waals surface area contributed by atoms with Crippen molar-refractivity contribution in [3.8, 4) is 0 Å². The first-order chi connectivity index (χ1) is 7.66. The molecule has 0 amide bonds. The molecule has 0 radical (unpaired) electrons. The lowest BCUT2D eigenvalue weighted by Gasteiger charge is -2.28. The highest BCUT2D eigenvalue weighted by molar-refractivity contribution is 9.10. The topological polar surface area (TPSA) is 40.5 Å². The summed E-state index contributed by atoms with van der Waals surface area (Å²) < 4.78 is 1.13. The molecule has 16 heavy (non-hydrogen) atoms. The molecule has 1 aliphatic rings. The minimum atomic E-state index is -0.724. The van der Waals surface area contributed by atoms with Crippen molar-refractivity contribution in [3.63, 3.8) is 0 Å². The molecule has 0 saturated heterocycles. The molecular formula is C12H14BrNO2. The summed E-state index contributed by atoms with van der Waals surface area (Å²) in [5.74, 6) is -0.724. The summed E-state index contributed by atoms with van der Waals surface area (Å²) in [7, 11) is 0. The van der Waals surface area contributed by atoms with E-state index in [2.05, 4.69) is 33.0 Å². The first-order valence-corrected chi connectivity index (χ1v) is 6.16. The van der Waals surface area contributed by atoms with Crippen LogP contribution in [0.25, 0.3) is 0 Å². The lowest BCUT2D eigenvalue weighted by molar-refractivity contribution is -0.137. The van der Waals surface area contributed by atoms with Crippen LogP contribution in [0, 0.1) is 0 Å². The minimum absolute atomic E-state index is 0.222. The molecule has 1 heterocycles. The second kappa shape index (κ2) is 4.97. The van der Waals surface area contributed by atoms with Crippen molar-refractivity contribution in [2.45, 2.75) is 19.4 Å². The number of carboxylic acids is 1. The molecule has 0 fully saturated rings. The third-order valence-corrected chi connectivity index (χ3v) is 3.68. The summed E-state index contributed by atoms with van der Waals surface area (Å²) in [5, 5.41) is 8.66. The molecule has 3 nitrogen and oxygen atoms in total. The van der Waals surface area contributed by atoms with Gasteiger partial charge in [-0.25, -0.2) is 0 Å². The fourth-order valence-corrected chi connectivity index (χ4v) is 2.57. The Morgan fingerprint density at radius 3 is 3.06 bits per heavy atom. The van der Waals surface area contributed by atoms with Crippen LogP contribution in [-0.2, 0) is 17.8 Å². The molecule has 0 atom stereocenters. The van der Waals surface area contributed by atoms with E-state index < -0.39 is 5.97 Å². The summed E-state index contributed by atoms with van der Waals surface area (Å²) >= 11 is 3.55. The Kier molecular flexibility index (Phi) is 3.61. The van der Waals surface area contributed by atoms with Crippen molar-refractivity contribution in [3.05, 3.63) is 33.8 Å². The number of carbonyl (C=O) groups is 1. The Balaban J connectivity index is 2.05. The van der Waals surface area contributed by atoms with E-state index in [9.17, 15) is 4.79 Å². The van der Waals surface area contributed by atoms with Gasteiger partial charge in [0.05, 0.1) is 6.42 Å². The average Bonchev–Trinajstić information content (AvgIpc) is 2.27. The maximum absolute atomic E-state index is 10.5. The number of carboxylic acid groups (broad SMARTS) is 1. The molecule has 0 saturated carbocycles. The first-order valence-electron chi connectivity index (χ1n) is 5.37. The largest absolute Gasteiger partial charge is 0.481 e. The number of hydrogen-bond acceptors (Lipinski definition) is 2. The molecule has 2 rings (SSSR count). The van der Waals surface area contributed by atoms with Crippen molar-refractivity contribution in [2.75, 3.05) is 13.1 Å². The van der Waals surface area contributed by atoms with Crippen LogP contribution in [0.3, 0.4) is 0 Å². The number of halogens is 1. The lowest BCUT2D eigenvalue weighted by atomic mass is 10.00. The molecule has 0 bridgehead atoms. The Morgan fingerprint density at radius 1 is 1.50 bits per heavy atom. The van der Waals surface area contributed by atoms with Crippen LogP contribution in [0.2, 0.25) is 0 Å². The molecule has 86 valence electrons. The molecule has 0 unspecified atom stereocenters. The van der Waals surface area contributed by atoms with E-state index in [0.29, 0.717) is 6.54 Å². The molecule has 0 aromatic heterocycles. The molecule has 1 aromatic carbocycles. The normalized spacial score (nSPS) is 15.8. The van der Waals surface area contributed by atoms with Crippen molar-refractivity contribution < 1.29 is 9.90 Å². The monoisotopic (exact) mass is 283 g/mol. The van der Waals surface area contributed by atoms with Crippen LogP contribution in [0.1, 0.15) is 17.5 Å². The van der Waals surface area contributed by atoms with E-state index in [4.69, 9.17) is 5.11 Å². The van der Waals surface area contributed by atoms with E-state index in [1.165, 1.54) is 11.1 Å². The number of nitrogens with zero attached hydrogens (tertiary/aromatic N) is 1. The maximum atomic E-state index is 10.5. The Hall–Kier alpha value is -0.870. The molecule has 0 spiro atoms. The second-order valence-corrected chi connectivity index (χ2v) is 4.90. The highest BCUT2D eigenvalue weighted by Crippen LogP contribution is 2.26. The SMILES string of the molecule is O=C(O)CCN1CCc2cccc(Br)c2C1. The van der Waals surface area contributed by atoms with Crippen molar-refractivity contribution >= 4 is 21.9 Å². The van der Waals surface area contributed by atoms with E-state index in [-0.39, 0.29) is 6.42 Å². The summed E-state index contributed by atoms with van der Waals surface area (Å²) in [4.78, 5) is 12.7. The smallest absolute Gasteiger partial charge is 0.304 e. The van der Waals surface area contributed by atoms with E-state index >= 15 is 0 Å². The van der Waals surface area contributed by atoms with E-state index in [0.717, 1.165) is 24.0 Å². The number of rotatable bonds is 3. The fourth-order valence-electron chi connectivity index (χ4n) is 2.04. The predicted octanol–water partition coefficient (Wildman–Crippen LogP) is 2.28. The second-order valence-electron chi connectivity index (χ2n) is 4.05. The van der Waals surface area contributed by atoms with Gasteiger partial charge in [-0.2, -0.15) is 0 Å². The molecule has 4 heteroatoms. The molecular weight excluding hydrogens is 270 g/mol. The maximum Gasteiger partial charge on any atom is 0.304 e. The van der Waals surface area contributed by atoms with Gasteiger partial charge in [-0.05, 0) is 23.6 Å². The lowest BCUT2D eigenvalue weighted by Crippen LogP contribution is -2.32. The van der Waals surface area contributed by atoms with Gasteiger partial charge in [-0.1, -0.05) is 28.1 Å². The minimum Gasteiger partial charge on any atom is -0.481 e. The third kappa shape index (κ3) is 2.62. The number of aliphatic carboxylic acids is 1. The predicted molar refractivity (Wildman–Crippen MR) is 65.4 cm³/mol. The van der Waals surface area contributed by atoms with Gasteiger partial charge in [-0.3, -0.25) is 9.69 Å². The van der Waals surface area contributed by atoms with Crippen molar-refractivity contribution in [2.24, 2.45) is 0 Å². The Labute approximate surface area is 103 Å². The number of hydrogen-bond donors (Lipinski definition) is 1. The fraction of sp³-hybridized carbons (Fsp3) is 0.417. The van der Waals surface area contributed by atoms with Crippen LogP contribution in [0.5, 0.6) is 0 Å². The van der Waals surface area contributed by atoms with E-state index in [1.54, 1.807) is 0 Å². The van der Waals surface area contributed by atoms with Gasteiger partial charge in [0.1, 0.15) is 0 Å². The zero-order chi connectivity index (χ0) is 11.5. The molecule has 1 N–H and O–H groups in total. The first kappa shape index (κ1) is 11.6. The van der Waals surface area contributed by atoms with Gasteiger partial charge in [0, 0.05) is 24.1 Å². The van der Waals surface area contributed by atoms with Crippen molar-refractivity contribution in [1.29, 1.82) is 0 Å². The van der Waals surface area contributed by atoms with E-state index in [1.807, 2.05) is 6.07 Å². The summed E-state index contributed by atoms with van der Waals surface area (Å²) in [5.41, 5.74) is 2.68. The van der Waals surface area contributed by atoms with Gasteiger partial charge < -0.3 is 5.11 Å². The summed E-state index contributed by atoms with van der Waals surface area (Å²) in [6.07, 6.45) is 1.23. The zero-order valence-electron chi connectivity index (χ0n) is 8.95. The van der Waals surface area contributed by atoms with Crippen LogP contribution in [-0.4, -0.2) is 29.1 Å². The van der Waals surface area contributed by atoms with Crippen molar-refractivity contribution in [1.82, 2.24) is 4.90 Å². The highest BCUT2D eigenvalue weighted by atomic mass is 79.9. The molecule has 1 aliphatic heterocycles. The highest BCUT2D eigenvalue weighted by Gasteiger charge is 2.18. The average molecular weight is 284 g/mol. The van der Waals surface area contributed by atoms with Gasteiger partial charge in [-0.15, -0.1) is 0 Å². The third-order valence-electron chi connectivity index (χ3n) is 2.94. The van der Waals surface area contributed by atoms with Gasteiger partial charge in [0.25, 0.3) is 0 Å².